The summed E-state index contributed by atoms with van der Waals surface area (Å²) < 4.78 is 16.9. The molecule has 0 spiro atoms. The molecule has 0 saturated carbocycles. The Labute approximate surface area is 150 Å². The molecular weight excluding hydrogens is 333 g/mol. The molecule has 1 aromatic carbocycles. The first-order valence-electron chi connectivity index (χ1n) is 9.03. The van der Waals surface area contributed by atoms with Gasteiger partial charge in [0.15, 0.2) is 0 Å². The second kappa shape index (κ2) is 7.37. The lowest BCUT2D eigenvalue weighted by Gasteiger charge is -2.32. The number of benzene rings is 1. The average molecular weight is 355 g/mol. The third-order valence-electron chi connectivity index (χ3n) is 5.15. The smallest absolute Gasteiger partial charge is 0.261 e. The standard InChI is InChI=1S/C19H22FN5O/c20-16-2-3-17-18(12-16)21-14-24(19(17)26)13-15-4-8-23(9-5-15)10-11-25-7-1-6-22-25/h1-3,6-7,12,14-15H,4-5,8-11,13H2. The summed E-state index contributed by atoms with van der Waals surface area (Å²) in [5, 5.41) is 4.71. The predicted octanol–water partition coefficient (Wildman–Crippen LogP) is 2.14. The molecule has 3 heterocycles. The van der Waals surface area contributed by atoms with E-state index in [9.17, 15) is 9.18 Å². The molecule has 7 heteroatoms. The van der Waals surface area contributed by atoms with Crippen molar-refractivity contribution in [1.82, 2.24) is 24.2 Å². The zero-order valence-corrected chi connectivity index (χ0v) is 14.6. The Morgan fingerprint density at radius 2 is 2.04 bits per heavy atom. The normalized spacial score (nSPS) is 16.3. The molecule has 0 bridgehead atoms. The van der Waals surface area contributed by atoms with Crippen LogP contribution in [0.5, 0.6) is 0 Å². The van der Waals surface area contributed by atoms with E-state index in [0.29, 0.717) is 23.4 Å². The molecule has 4 rings (SSSR count). The molecular formula is C19H22FN5O. The van der Waals surface area contributed by atoms with Crippen molar-refractivity contribution in [2.45, 2.75) is 25.9 Å². The van der Waals surface area contributed by atoms with Gasteiger partial charge in [0, 0.05) is 31.5 Å². The van der Waals surface area contributed by atoms with Gasteiger partial charge in [-0.2, -0.15) is 5.10 Å². The first-order chi connectivity index (χ1) is 12.7. The van der Waals surface area contributed by atoms with Gasteiger partial charge in [-0.25, -0.2) is 9.37 Å². The summed E-state index contributed by atoms with van der Waals surface area (Å²) in [7, 11) is 0. The molecule has 1 saturated heterocycles. The molecule has 0 atom stereocenters. The maximum absolute atomic E-state index is 13.3. The van der Waals surface area contributed by atoms with Crippen molar-refractivity contribution in [2.75, 3.05) is 19.6 Å². The van der Waals surface area contributed by atoms with Gasteiger partial charge in [0.1, 0.15) is 5.82 Å². The number of piperidine rings is 1. The van der Waals surface area contributed by atoms with Crippen molar-refractivity contribution in [1.29, 1.82) is 0 Å². The minimum Gasteiger partial charge on any atom is -0.301 e. The minimum absolute atomic E-state index is 0.0869. The minimum atomic E-state index is -0.371. The summed E-state index contributed by atoms with van der Waals surface area (Å²) in [5.74, 6) is 0.0954. The van der Waals surface area contributed by atoms with Gasteiger partial charge in [0.05, 0.1) is 23.8 Å². The molecule has 0 unspecified atom stereocenters. The van der Waals surface area contributed by atoms with E-state index in [2.05, 4.69) is 15.0 Å². The Hall–Kier alpha value is -2.54. The Morgan fingerprint density at radius 3 is 2.81 bits per heavy atom. The summed E-state index contributed by atoms with van der Waals surface area (Å²) in [6.45, 7) is 4.64. The Bertz CT molecular complexity index is 929. The van der Waals surface area contributed by atoms with Crippen molar-refractivity contribution in [3.63, 3.8) is 0 Å². The van der Waals surface area contributed by atoms with Crippen LogP contribution in [0.3, 0.4) is 0 Å². The highest BCUT2D eigenvalue weighted by molar-refractivity contribution is 5.77. The molecule has 136 valence electrons. The molecule has 0 radical (unpaired) electrons. The van der Waals surface area contributed by atoms with Gasteiger partial charge in [-0.05, 0) is 50.0 Å². The highest BCUT2D eigenvalue weighted by Crippen LogP contribution is 2.19. The SMILES string of the molecule is O=c1c2ccc(F)cc2ncn1CC1CCN(CCn2cccn2)CC1. The monoisotopic (exact) mass is 355 g/mol. The van der Waals surface area contributed by atoms with E-state index in [-0.39, 0.29) is 11.4 Å². The molecule has 0 amide bonds. The summed E-state index contributed by atoms with van der Waals surface area (Å²) in [5.41, 5.74) is 0.329. The van der Waals surface area contributed by atoms with Crippen LogP contribution in [0.2, 0.25) is 0 Å². The van der Waals surface area contributed by atoms with E-state index in [1.54, 1.807) is 17.1 Å². The lowest BCUT2D eigenvalue weighted by Crippen LogP contribution is -2.38. The third kappa shape index (κ3) is 3.67. The highest BCUT2D eigenvalue weighted by Gasteiger charge is 2.20. The van der Waals surface area contributed by atoms with Gasteiger partial charge in [0.25, 0.3) is 5.56 Å². The van der Waals surface area contributed by atoms with Crippen LogP contribution >= 0.6 is 0 Å². The fourth-order valence-corrected chi connectivity index (χ4v) is 3.61. The molecule has 0 aliphatic carbocycles. The van der Waals surface area contributed by atoms with Crippen LogP contribution in [-0.4, -0.2) is 43.9 Å². The first kappa shape index (κ1) is 16.9. The summed E-state index contributed by atoms with van der Waals surface area (Å²) in [6, 6.07) is 6.08. The summed E-state index contributed by atoms with van der Waals surface area (Å²) in [4.78, 5) is 19.3. The molecule has 6 nitrogen and oxygen atoms in total. The Morgan fingerprint density at radius 1 is 1.19 bits per heavy atom. The molecule has 3 aromatic rings. The number of rotatable bonds is 5. The van der Waals surface area contributed by atoms with Crippen LogP contribution in [0, 0.1) is 11.7 Å². The molecule has 2 aromatic heterocycles. The van der Waals surface area contributed by atoms with Crippen molar-refractivity contribution in [2.24, 2.45) is 5.92 Å². The Balaban J connectivity index is 1.35. The van der Waals surface area contributed by atoms with Gasteiger partial charge in [-0.15, -0.1) is 0 Å². The number of hydrogen-bond acceptors (Lipinski definition) is 4. The maximum atomic E-state index is 13.3. The zero-order chi connectivity index (χ0) is 17.9. The van der Waals surface area contributed by atoms with E-state index in [4.69, 9.17) is 0 Å². The molecule has 0 N–H and O–H groups in total. The number of halogens is 1. The van der Waals surface area contributed by atoms with Crippen molar-refractivity contribution in [3.05, 3.63) is 59.2 Å². The van der Waals surface area contributed by atoms with Crippen LogP contribution in [0.4, 0.5) is 4.39 Å². The molecule has 1 fully saturated rings. The van der Waals surface area contributed by atoms with Crippen molar-refractivity contribution < 1.29 is 4.39 Å². The van der Waals surface area contributed by atoms with E-state index in [1.165, 1.54) is 18.2 Å². The van der Waals surface area contributed by atoms with Gasteiger partial charge >= 0.3 is 0 Å². The quantitative estimate of drug-likeness (QED) is 0.704. The van der Waals surface area contributed by atoms with Gasteiger partial charge in [-0.3, -0.25) is 14.0 Å². The van der Waals surface area contributed by atoms with Crippen molar-refractivity contribution in [3.8, 4) is 0 Å². The number of aromatic nitrogens is 4. The predicted molar refractivity (Wildman–Crippen MR) is 97.4 cm³/mol. The fourth-order valence-electron chi connectivity index (χ4n) is 3.61. The van der Waals surface area contributed by atoms with E-state index >= 15 is 0 Å². The topological polar surface area (TPSA) is 56.0 Å². The zero-order valence-electron chi connectivity index (χ0n) is 14.6. The number of nitrogens with zero attached hydrogens (tertiary/aromatic N) is 5. The fraction of sp³-hybridized carbons (Fsp3) is 0.421. The van der Waals surface area contributed by atoms with Crippen LogP contribution < -0.4 is 5.56 Å². The maximum Gasteiger partial charge on any atom is 0.261 e. The van der Waals surface area contributed by atoms with E-state index < -0.39 is 0 Å². The lowest BCUT2D eigenvalue weighted by molar-refractivity contribution is 0.166. The average Bonchev–Trinajstić information content (AvgIpc) is 3.17. The molecule has 26 heavy (non-hydrogen) atoms. The van der Waals surface area contributed by atoms with Gasteiger partial charge < -0.3 is 4.90 Å². The van der Waals surface area contributed by atoms with Gasteiger partial charge in [-0.1, -0.05) is 0 Å². The lowest BCUT2D eigenvalue weighted by atomic mass is 9.96. The van der Waals surface area contributed by atoms with Crippen molar-refractivity contribution >= 4 is 10.9 Å². The second-order valence-corrected chi connectivity index (χ2v) is 6.92. The van der Waals surface area contributed by atoms with E-state index in [0.717, 1.165) is 39.0 Å². The number of fused-ring (bicyclic) bond motifs is 1. The second-order valence-electron chi connectivity index (χ2n) is 6.92. The van der Waals surface area contributed by atoms with Crippen LogP contribution in [0.1, 0.15) is 12.8 Å². The molecule has 1 aliphatic rings. The highest BCUT2D eigenvalue weighted by atomic mass is 19.1. The number of hydrogen-bond donors (Lipinski definition) is 0. The third-order valence-corrected chi connectivity index (χ3v) is 5.15. The van der Waals surface area contributed by atoms with Crippen LogP contribution in [-0.2, 0) is 13.1 Å². The Kier molecular flexibility index (Phi) is 4.79. The van der Waals surface area contributed by atoms with E-state index in [1.807, 2.05) is 16.9 Å². The largest absolute Gasteiger partial charge is 0.301 e. The van der Waals surface area contributed by atoms with Crippen LogP contribution in [0.25, 0.3) is 10.9 Å². The van der Waals surface area contributed by atoms with Gasteiger partial charge in [0.2, 0.25) is 0 Å². The van der Waals surface area contributed by atoms with Crippen LogP contribution in [0.15, 0.2) is 47.8 Å². The first-order valence-corrected chi connectivity index (χ1v) is 9.03. The summed E-state index contributed by atoms with van der Waals surface area (Å²) >= 11 is 0. The summed E-state index contributed by atoms with van der Waals surface area (Å²) in [6.07, 6.45) is 7.46. The number of likely N-dealkylation sites (tertiary alicyclic amines) is 1. The molecule has 1 aliphatic heterocycles.